The zero-order chi connectivity index (χ0) is 17.2. The number of furan rings is 1. The monoisotopic (exact) mass is 339 g/mol. The van der Waals surface area contributed by atoms with Crippen LogP contribution in [-0.2, 0) is 6.54 Å². The summed E-state index contributed by atoms with van der Waals surface area (Å²) in [5.74, 6) is 2.47. The second-order valence-corrected chi connectivity index (χ2v) is 6.35. The minimum absolute atomic E-state index is 0.144. The highest BCUT2D eigenvalue weighted by molar-refractivity contribution is 5.51. The van der Waals surface area contributed by atoms with Gasteiger partial charge in [-0.3, -0.25) is 10.00 Å². The van der Waals surface area contributed by atoms with E-state index >= 15 is 0 Å². The number of methoxy groups -OCH3 is 1. The van der Waals surface area contributed by atoms with Crippen LogP contribution in [0.5, 0.6) is 5.75 Å². The second kappa shape index (κ2) is 6.74. The zero-order valence-electron chi connectivity index (χ0n) is 14.1. The van der Waals surface area contributed by atoms with E-state index in [4.69, 9.17) is 9.15 Å². The third-order valence-electron chi connectivity index (χ3n) is 4.65. The number of aliphatic hydroxyl groups excluding tert-OH is 1. The summed E-state index contributed by atoms with van der Waals surface area (Å²) in [5.41, 5.74) is 2.01. The highest BCUT2D eigenvalue weighted by Crippen LogP contribution is 2.35. The predicted octanol–water partition coefficient (Wildman–Crippen LogP) is 2.99. The molecule has 0 spiro atoms. The number of nitrogens with one attached hydrogen (secondary N) is 1. The molecule has 6 heteroatoms. The number of benzene rings is 1. The quantitative estimate of drug-likeness (QED) is 0.747. The first-order valence-electron chi connectivity index (χ1n) is 8.37. The summed E-state index contributed by atoms with van der Waals surface area (Å²) >= 11 is 0. The van der Waals surface area contributed by atoms with Crippen molar-refractivity contribution in [2.24, 2.45) is 0 Å². The summed E-state index contributed by atoms with van der Waals surface area (Å²) in [6.07, 6.45) is 2.08. The minimum atomic E-state index is -0.335. The van der Waals surface area contributed by atoms with Crippen molar-refractivity contribution in [1.29, 1.82) is 0 Å². The van der Waals surface area contributed by atoms with Gasteiger partial charge in [0.15, 0.2) is 5.76 Å². The Morgan fingerprint density at radius 1 is 1.32 bits per heavy atom. The molecule has 1 aliphatic rings. The Morgan fingerprint density at radius 3 is 3.04 bits per heavy atom. The molecule has 0 saturated carbocycles. The zero-order valence-corrected chi connectivity index (χ0v) is 14.1. The van der Waals surface area contributed by atoms with E-state index in [0.29, 0.717) is 19.5 Å². The maximum Gasteiger partial charge on any atom is 0.152 e. The molecular formula is C19H21N3O3. The molecule has 3 heterocycles. The van der Waals surface area contributed by atoms with Crippen LogP contribution in [0.4, 0.5) is 0 Å². The van der Waals surface area contributed by atoms with E-state index < -0.39 is 0 Å². The Bertz CT molecular complexity index is 828. The summed E-state index contributed by atoms with van der Waals surface area (Å²) < 4.78 is 11.3. The van der Waals surface area contributed by atoms with Crippen LogP contribution < -0.4 is 4.74 Å². The number of hydrogen-bond acceptors (Lipinski definition) is 5. The van der Waals surface area contributed by atoms with Crippen molar-refractivity contribution in [1.82, 2.24) is 15.1 Å². The van der Waals surface area contributed by atoms with Gasteiger partial charge in [0.1, 0.15) is 17.2 Å². The molecule has 2 aromatic heterocycles. The number of aliphatic hydroxyl groups is 1. The van der Waals surface area contributed by atoms with Gasteiger partial charge in [-0.1, -0.05) is 12.1 Å². The van der Waals surface area contributed by atoms with Crippen LogP contribution in [-0.4, -0.2) is 40.0 Å². The normalized spacial score (nSPS) is 20.9. The molecular weight excluding hydrogens is 318 g/mol. The SMILES string of the molecule is COc1cccc(C2CC(O)CN2Cc2ccc(-c3ccn[nH]3)o2)c1. The maximum atomic E-state index is 10.2. The van der Waals surface area contributed by atoms with E-state index in [-0.39, 0.29) is 12.1 Å². The van der Waals surface area contributed by atoms with Gasteiger partial charge in [0.05, 0.1) is 19.8 Å². The fourth-order valence-electron chi connectivity index (χ4n) is 3.45. The lowest BCUT2D eigenvalue weighted by Crippen LogP contribution is -2.24. The first kappa shape index (κ1) is 15.9. The van der Waals surface area contributed by atoms with E-state index in [1.165, 1.54) is 0 Å². The van der Waals surface area contributed by atoms with Crippen molar-refractivity contribution in [3.63, 3.8) is 0 Å². The predicted molar refractivity (Wildman–Crippen MR) is 93.1 cm³/mol. The highest BCUT2D eigenvalue weighted by atomic mass is 16.5. The number of rotatable bonds is 5. The molecule has 4 rings (SSSR count). The number of ether oxygens (including phenoxy) is 1. The Kier molecular flexibility index (Phi) is 4.29. The van der Waals surface area contributed by atoms with E-state index in [1.807, 2.05) is 36.4 Å². The maximum absolute atomic E-state index is 10.2. The van der Waals surface area contributed by atoms with Crippen molar-refractivity contribution in [3.8, 4) is 17.2 Å². The minimum Gasteiger partial charge on any atom is -0.497 e. The topological polar surface area (TPSA) is 74.5 Å². The first-order chi connectivity index (χ1) is 12.2. The smallest absolute Gasteiger partial charge is 0.152 e. The number of nitrogens with zero attached hydrogens (tertiary/aromatic N) is 2. The fourth-order valence-corrected chi connectivity index (χ4v) is 3.45. The molecule has 1 aromatic carbocycles. The van der Waals surface area contributed by atoms with Gasteiger partial charge in [-0.2, -0.15) is 5.10 Å². The van der Waals surface area contributed by atoms with Crippen molar-refractivity contribution in [2.45, 2.75) is 25.1 Å². The Balaban J connectivity index is 1.54. The van der Waals surface area contributed by atoms with Crippen molar-refractivity contribution < 1.29 is 14.3 Å². The lowest BCUT2D eigenvalue weighted by atomic mass is 10.0. The van der Waals surface area contributed by atoms with Crippen LogP contribution in [0.1, 0.15) is 23.8 Å². The molecule has 1 saturated heterocycles. The molecule has 0 amide bonds. The molecule has 6 nitrogen and oxygen atoms in total. The summed E-state index contributed by atoms with van der Waals surface area (Å²) in [6, 6.07) is 14.0. The average molecular weight is 339 g/mol. The molecule has 0 aliphatic carbocycles. The average Bonchev–Trinajstić information content (AvgIpc) is 3.36. The lowest BCUT2D eigenvalue weighted by Gasteiger charge is -2.23. The molecule has 1 fully saturated rings. The summed E-state index contributed by atoms with van der Waals surface area (Å²) in [6.45, 7) is 1.27. The Hall–Kier alpha value is -2.57. The van der Waals surface area contributed by atoms with Crippen LogP contribution >= 0.6 is 0 Å². The first-order valence-corrected chi connectivity index (χ1v) is 8.37. The summed E-state index contributed by atoms with van der Waals surface area (Å²) in [5, 5.41) is 17.0. The van der Waals surface area contributed by atoms with Gasteiger partial charge in [-0.25, -0.2) is 0 Å². The van der Waals surface area contributed by atoms with E-state index in [9.17, 15) is 5.11 Å². The molecule has 25 heavy (non-hydrogen) atoms. The van der Waals surface area contributed by atoms with Crippen LogP contribution in [0.15, 0.2) is 53.1 Å². The summed E-state index contributed by atoms with van der Waals surface area (Å²) in [7, 11) is 1.67. The second-order valence-electron chi connectivity index (χ2n) is 6.35. The van der Waals surface area contributed by atoms with Gasteiger partial charge in [-0.05, 0) is 42.3 Å². The Labute approximate surface area is 146 Å². The van der Waals surface area contributed by atoms with Crippen LogP contribution in [0, 0.1) is 0 Å². The van der Waals surface area contributed by atoms with E-state index in [0.717, 1.165) is 28.5 Å². The van der Waals surface area contributed by atoms with E-state index in [2.05, 4.69) is 21.2 Å². The number of likely N-dealkylation sites (tertiary alicyclic amines) is 1. The number of aromatic nitrogens is 2. The summed E-state index contributed by atoms with van der Waals surface area (Å²) in [4.78, 5) is 2.25. The standard InChI is InChI=1S/C19H21N3O3/c1-24-15-4-2-3-13(9-15)18-10-14(23)11-22(18)12-16-5-6-19(25-16)17-7-8-20-21-17/h2-9,14,18,23H,10-12H2,1H3,(H,20,21). The van der Waals surface area contributed by atoms with Gasteiger partial charge < -0.3 is 14.3 Å². The van der Waals surface area contributed by atoms with E-state index in [1.54, 1.807) is 13.3 Å². The molecule has 130 valence electrons. The molecule has 2 N–H and O–H groups in total. The Morgan fingerprint density at radius 2 is 2.24 bits per heavy atom. The molecule has 0 bridgehead atoms. The molecule has 2 atom stereocenters. The molecule has 0 radical (unpaired) electrons. The fraction of sp³-hybridized carbons (Fsp3) is 0.316. The molecule has 2 unspecified atom stereocenters. The third kappa shape index (κ3) is 3.31. The number of aromatic amines is 1. The number of hydrogen-bond donors (Lipinski definition) is 2. The van der Waals surface area contributed by atoms with Gasteiger partial charge in [-0.15, -0.1) is 0 Å². The number of H-pyrrole nitrogens is 1. The highest BCUT2D eigenvalue weighted by Gasteiger charge is 2.32. The van der Waals surface area contributed by atoms with Crippen molar-refractivity contribution in [3.05, 3.63) is 60.0 Å². The molecule has 1 aliphatic heterocycles. The largest absolute Gasteiger partial charge is 0.497 e. The van der Waals surface area contributed by atoms with Crippen LogP contribution in [0.2, 0.25) is 0 Å². The van der Waals surface area contributed by atoms with Gasteiger partial charge in [0.2, 0.25) is 0 Å². The van der Waals surface area contributed by atoms with Gasteiger partial charge in [0, 0.05) is 18.8 Å². The van der Waals surface area contributed by atoms with Crippen molar-refractivity contribution in [2.75, 3.05) is 13.7 Å². The molecule has 3 aromatic rings. The lowest BCUT2D eigenvalue weighted by molar-refractivity contribution is 0.168. The third-order valence-corrected chi connectivity index (χ3v) is 4.65. The van der Waals surface area contributed by atoms with Gasteiger partial charge >= 0.3 is 0 Å². The van der Waals surface area contributed by atoms with Crippen LogP contribution in [0.3, 0.4) is 0 Å². The van der Waals surface area contributed by atoms with Crippen molar-refractivity contribution >= 4 is 0 Å². The number of β-amino-alcohol motifs (C(OH)–C–C–N with tert-alkyl or cyclic N) is 1. The van der Waals surface area contributed by atoms with Crippen LogP contribution in [0.25, 0.3) is 11.5 Å². The van der Waals surface area contributed by atoms with Gasteiger partial charge in [0.25, 0.3) is 0 Å².